The molecule has 0 fully saturated rings. The number of rotatable bonds is 2. The molecule has 0 atom stereocenters. The van der Waals surface area contributed by atoms with Crippen LogP contribution in [-0.2, 0) is 6.54 Å². The molecule has 1 amide bonds. The van der Waals surface area contributed by atoms with E-state index in [1.54, 1.807) is 24.3 Å². The number of hydrogen-bond donors (Lipinski definition) is 0. The van der Waals surface area contributed by atoms with Crippen LogP contribution in [0.1, 0.15) is 17.3 Å². The number of fused-ring (bicyclic) bond motifs is 2. The fourth-order valence-corrected chi connectivity index (χ4v) is 4.71. The number of carbonyl (C=O) groups excluding carboxylic acids is 1. The van der Waals surface area contributed by atoms with Crippen LogP contribution in [0.2, 0.25) is 10.0 Å². The molecule has 0 saturated carbocycles. The van der Waals surface area contributed by atoms with Gasteiger partial charge in [-0.3, -0.25) is 4.79 Å². The number of nitrogens with zero attached hydrogens (tertiary/aromatic N) is 2. The maximum Gasteiger partial charge on any atom is 0.279 e. The second-order valence-corrected chi connectivity index (χ2v) is 7.49. The molecular formula is C18H14Cl2N2O3S. The number of ether oxygens (including phenoxy) is 2. The van der Waals surface area contributed by atoms with Gasteiger partial charge in [0.25, 0.3) is 5.91 Å². The first-order valence-electron chi connectivity index (χ1n) is 8.04. The summed E-state index contributed by atoms with van der Waals surface area (Å²) in [7, 11) is 0. The Labute approximate surface area is 163 Å². The molecule has 0 N–H and O–H groups in total. The first-order chi connectivity index (χ1) is 12.6. The summed E-state index contributed by atoms with van der Waals surface area (Å²) in [5, 5.41) is 1.09. The molecule has 1 aliphatic heterocycles. The average molecular weight is 409 g/mol. The fourth-order valence-electron chi connectivity index (χ4n) is 2.84. The van der Waals surface area contributed by atoms with E-state index in [1.165, 1.54) is 11.3 Å². The smallest absolute Gasteiger partial charge is 0.279 e. The predicted molar refractivity (Wildman–Crippen MR) is 103 cm³/mol. The first-order valence-corrected chi connectivity index (χ1v) is 9.61. The number of halogens is 2. The Bertz CT molecular complexity index is 1090. The van der Waals surface area contributed by atoms with Gasteiger partial charge in [-0.1, -0.05) is 34.5 Å². The molecule has 0 radical (unpaired) electrons. The molecular weight excluding hydrogens is 395 g/mol. The lowest BCUT2D eigenvalue weighted by Crippen LogP contribution is -2.17. The summed E-state index contributed by atoms with van der Waals surface area (Å²) in [6.45, 7) is 3.58. The van der Waals surface area contributed by atoms with E-state index in [2.05, 4.69) is 4.99 Å². The zero-order valence-electron chi connectivity index (χ0n) is 13.8. The van der Waals surface area contributed by atoms with Crippen molar-refractivity contribution in [2.45, 2.75) is 13.5 Å². The maximum absolute atomic E-state index is 12.7. The van der Waals surface area contributed by atoms with Gasteiger partial charge >= 0.3 is 0 Å². The summed E-state index contributed by atoms with van der Waals surface area (Å²) in [6.07, 6.45) is 0. The van der Waals surface area contributed by atoms with Crippen molar-refractivity contribution in [3.05, 3.63) is 50.7 Å². The molecule has 26 heavy (non-hydrogen) atoms. The van der Waals surface area contributed by atoms with Gasteiger partial charge in [-0.15, -0.1) is 0 Å². The van der Waals surface area contributed by atoms with Crippen molar-refractivity contribution >= 4 is 50.7 Å². The number of amides is 1. The zero-order valence-corrected chi connectivity index (χ0v) is 16.1. The Morgan fingerprint density at radius 1 is 1.19 bits per heavy atom. The number of aromatic nitrogens is 1. The molecule has 4 rings (SSSR count). The second-order valence-electron chi connectivity index (χ2n) is 5.64. The van der Waals surface area contributed by atoms with Crippen molar-refractivity contribution in [3.8, 4) is 11.5 Å². The van der Waals surface area contributed by atoms with Gasteiger partial charge in [0.2, 0.25) is 0 Å². The van der Waals surface area contributed by atoms with Gasteiger partial charge in [0, 0.05) is 17.1 Å². The Kier molecular flexibility index (Phi) is 4.65. The van der Waals surface area contributed by atoms with Crippen LogP contribution in [0.5, 0.6) is 11.5 Å². The van der Waals surface area contributed by atoms with Crippen LogP contribution in [0.15, 0.2) is 35.3 Å². The molecule has 2 aromatic carbocycles. The lowest BCUT2D eigenvalue weighted by Gasteiger charge is -2.18. The van der Waals surface area contributed by atoms with Crippen molar-refractivity contribution in [2.75, 3.05) is 13.2 Å². The highest BCUT2D eigenvalue weighted by molar-refractivity contribution is 7.16. The summed E-state index contributed by atoms with van der Waals surface area (Å²) < 4.78 is 13.8. The van der Waals surface area contributed by atoms with E-state index in [1.807, 2.05) is 17.6 Å². The standard InChI is InChI=1S/C18H14Cl2N2O3S/c1-2-22-16-12(20)8-11(19)9-15(16)26-18(22)21-17(23)10-3-4-13-14(7-10)25-6-5-24-13/h3-4,7-9H,2,5-6H2,1H3. The summed E-state index contributed by atoms with van der Waals surface area (Å²) in [4.78, 5) is 17.5. The van der Waals surface area contributed by atoms with Crippen LogP contribution in [0, 0.1) is 0 Å². The van der Waals surface area contributed by atoms with Gasteiger partial charge in [0.15, 0.2) is 16.3 Å². The quantitative estimate of drug-likeness (QED) is 0.625. The van der Waals surface area contributed by atoms with Crippen LogP contribution in [0.4, 0.5) is 0 Å². The topological polar surface area (TPSA) is 52.8 Å². The summed E-state index contributed by atoms with van der Waals surface area (Å²) in [5.41, 5.74) is 1.27. The maximum atomic E-state index is 12.7. The SMILES string of the molecule is CCn1c(=NC(=O)c2ccc3c(c2)OCCO3)sc2cc(Cl)cc(Cl)c21. The fraction of sp³-hybridized carbons (Fsp3) is 0.222. The summed E-state index contributed by atoms with van der Waals surface area (Å²) in [5.74, 6) is 0.851. The normalized spacial score (nSPS) is 14.0. The summed E-state index contributed by atoms with van der Waals surface area (Å²) >= 11 is 13.8. The monoisotopic (exact) mass is 408 g/mol. The number of thiazole rings is 1. The highest BCUT2D eigenvalue weighted by atomic mass is 35.5. The average Bonchev–Trinajstić information content (AvgIpc) is 2.98. The van der Waals surface area contributed by atoms with E-state index in [9.17, 15) is 4.79 Å². The molecule has 3 aromatic rings. The van der Waals surface area contributed by atoms with Crippen LogP contribution in [0.3, 0.4) is 0 Å². The van der Waals surface area contributed by atoms with Gasteiger partial charge in [-0.05, 0) is 37.3 Å². The molecule has 0 saturated heterocycles. The van der Waals surface area contributed by atoms with E-state index in [4.69, 9.17) is 32.7 Å². The minimum absolute atomic E-state index is 0.349. The van der Waals surface area contributed by atoms with Crippen LogP contribution in [-0.4, -0.2) is 23.7 Å². The van der Waals surface area contributed by atoms with E-state index in [0.717, 1.165) is 10.2 Å². The van der Waals surface area contributed by atoms with Gasteiger partial charge in [0.1, 0.15) is 13.2 Å². The van der Waals surface area contributed by atoms with Crippen molar-refractivity contribution in [3.63, 3.8) is 0 Å². The summed E-state index contributed by atoms with van der Waals surface area (Å²) in [6, 6.07) is 8.59. The lowest BCUT2D eigenvalue weighted by atomic mass is 10.2. The number of aryl methyl sites for hydroxylation is 1. The Morgan fingerprint density at radius 2 is 1.96 bits per heavy atom. The molecule has 0 unspecified atom stereocenters. The second kappa shape index (κ2) is 6.95. The Balaban J connectivity index is 1.81. The zero-order chi connectivity index (χ0) is 18.3. The van der Waals surface area contributed by atoms with E-state index < -0.39 is 0 Å². The highest BCUT2D eigenvalue weighted by Crippen LogP contribution is 2.31. The van der Waals surface area contributed by atoms with E-state index >= 15 is 0 Å². The molecule has 0 aliphatic carbocycles. The largest absolute Gasteiger partial charge is 0.486 e. The molecule has 1 aliphatic rings. The third-order valence-electron chi connectivity index (χ3n) is 4.00. The highest BCUT2D eigenvalue weighted by Gasteiger charge is 2.16. The number of hydrogen-bond acceptors (Lipinski definition) is 4. The van der Waals surface area contributed by atoms with Crippen molar-refractivity contribution < 1.29 is 14.3 Å². The van der Waals surface area contributed by atoms with Crippen molar-refractivity contribution in [1.82, 2.24) is 4.57 Å². The minimum atomic E-state index is -0.349. The first kappa shape index (κ1) is 17.4. The van der Waals surface area contributed by atoms with Gasteiger partial charge < -0.3 is 14.0 Å². The minimum Gasteiger partial charge on any atom is -0.486 e. The van der Waals surface area contributed by atoms with Crippen molar-refractivity contribution in [1.29, 1.82) is 0 Å². The Hall–Kier alpha value is -2.02. The predicted octanol–water partition coefficient (Wildman–Crippen LogP) is 4.54. The molecule has 1 aromatic heterocycles. The van der Waals surface area contributed by atoms with Gasteiger partial charge in [-0.2, -0.15) is 4.99 Å². The third kappa shape index (κ3) is 3.09. The molecule has 0 bridgehead atoms. The number of benzene rings is 2. The van der Waals surface area contributed by atoms with Gasteiger partial charge in [0.05, 0.1) is 15.2 Å². The number of carbonyl (C=O) groups is 1. The van der Waals surface area contributed by atoms with Crippen LogP contribution < -0.4 is 14.3 Å². The van der Waals surface area contributed by atoms with Crippen LogP contribution >= 0.6 is 34.5 Å². The molecule has 8 heteroatoms. The third-order valence-corrected chi connectivity index (χ3v) is 5.53. The van der Waals surface area contributed by atoms with Crippen LogP contribution in [0.25, 0.3) is 10.2 Å². The van der Waals surface area contributed by atoms with Crippen molar-refractivity contribution in [2.24, 2.45) is 4.99 Å². The Morgan fingerprint density at radius 3 is 2.73 bits per heavy atom. The molecule has 134 valence electrons. The lowest BCUT2D eigenvalue weighted by molar-refractivity contribution is 0.0996. The molecule has 0 spiro atoms. The molecule has 2 heterocycles. The van der Waals surface area contributed by atoms with Gasteiger partial charge in [-0.25, -0.2) is 0 Å². The van der Waals surface area contributed by atoms with E-state index in [-0.39, 0.29) is 5.91 Å². The molecule has 5 nitrogen and oxygen atoms in total. The van der Waals surface area contributed by atoms with E-state index in [0.29, 0.717) is 51.7 Å².